The first-order chi connectivity index (χ1) is 31.1. The molecule has 0 aromatic rings. The van der Waals surface area contributed by atoms with Gasteiger partial charge >= 0.3 is 5.97 Å². The third-order valence-corrected chi connectivity index (χ3v) is 19.6. The van der Waals surface area contributed by atoms with Gasteiger partial charge in [0, 0.05) is 10.8 Å². The van der Waals surface area contributed by atoms with Gasteiger partial charge in [-0.05, 0) is 97.7 Å². The Bertz CT molecular complexity index is 1850. The molecule has 67 heavy (non-hydrogen) atoms. The predicted molar refractivity (Wildman–Crippen MR) is 232 cm³/mol. The van der Waals surface area contributed by atoms with Crippen LogP contribution >= 0.6 is 0 Å². The lowest BCUT2D eigenvalue weighted by molar-refractivity contribution is -0.396. The van der Waals surface area contributed by atoms with Gasteiger partial charge in [-0.15, -0.1) is 0 Å². The largest absolute Gasteiger partial charge is 0.479 e. The Balaban J connectivity index is 1.08. The van der Waals surface area contributed by atoms with Crippen LogP contribution < -0.4 is 0 Å². The fourth-order valence-corrected chi connectivity index (χ4v) is 15.2. The smallest absolute Gasteiger partial charge is 0.335 e. The van der Waals surface area contributed by atoms with E-state index in [0.29, 0.717) is 32.1 Å². The summed E-state index contributed by atoms with van der Waals surface area (Å²) in [5, 5.41) is 132. The summed E-state index contributed by atoms with van der Waals surface area (Å²) in [5.41, 5.74) is -1.44. The molecule has 0 aromatic heterocycles. The molecule has 384 valence electrons. The van der Waals surface area contributed by atoms with Crippen molar-refractivity contribution in [3.05, 3.63) is 11.6 Å². The molecule has 0 spiro atoms. The molecule has 26 atom stereocenters. The molecule has 0 radical (unpaired) electrons. The van der Waals surface area contributed by atoms with Gasteiger partial charge in [0.05, 0.1) is 37.6 Å². The van der Waals surface area contributed by atoms with Gasteiger partial charge in [0.15, 0.2) is 25.0 Å². The maximum absolute atomic E-state index is 12.5. The van der Waals surface area contributed by atoms with E-state index in [2.05, 4.69) is 47.6 Å². The molecule has 19 nitrogen and oxygen atoms in total. The standard InChI is InChI=1S/C48H78O19/c1-20-29(53)31(55)35(59)40(62-20)66-37-32(56)30(54)23(18-49)63-41(37)67-38-34(58)33(57)36(39(60)61)65-42(38)64-28-12-13-44(4)24(45(28,5)19-50)11-14-46(6)25(44)10-9-21-22-15-43(2,3)16-26(51)48(22,8)27(52)17-47(21,46)7/h9,20,22-38,40-42,49-59H,10-19H2,1-8H3,(H,60,61)/t20-,22+,23+,24-,25+,26+,27-,28-,29-,30+,31+,32-,33-,34-,35+,36-,37+,38+,40-,41-,42+,44-,45+,46+,47+,48+/m0/s1. The summed E-state index contributed by atoms with van der Waals surface area (Å²) in [6.45, 7) is 15.5. The Hall–Kier alpha value is -1.47. The Morgan fingerprint density at radius 2 is 1.28 bits per heavy atom. The van der Waals surface area contributed by atoms with Gasteiger partial charge in [0.2, 0.25) is 0 Å². The fraction of sp³-hybridized carbons (Fsp3) is 0.938. The third-order valence-electron chi connectivity index (χ3n) is 19.6. The fourth-order valence-electron chi connectivity index (χ4n) is 15.2. The quantitative estimate of drug-likeness (QED) is 0.104. The zero-order chi connectivity index (χ0) is 49.3. The summed E-state index contributed by atoms with van der Waals surface area (Å²) in [5.74, 6) is -1.64. The second-order valence-corrected chi connectivity index (χ2v) is 23.7. The van der Waals surface area contributed by atoms with E-state index in [1.807, 2.05) is 6.92 Å². The van der Waals surface area contributed by atoms with Crippen LogP contribution in [-0.2, 0) is 33.2 Å². The van der Waals surface area contributed by atoms with E-state index in [4.69, 9.17) is 28.4 Å². The number of hydrogen-bond acceptors (Lipinski definition) is 18. The number of carboxylic acids is 1. The minimum absolute atomic E-state index is 0.00539. The first-order valence-corrected chi connectivity index (χ1v) is 24.4. The van der Waals surface area contributed by atoms with Crippen molar-refractivity contribution >= 4 is 5.97 Å². The number of aliphatic hydroxyl groups is 11. The average Bonchev–Trinajstić information content (AvgIpc) is 3.26. The highest BCUT2D eigenvalue weighted by molar-refractivity contribution is 5.73. The van der Waals surface area contributed by atoms with Crippen molar-refractivity contribution in [3.63, 3.8) is 0 Å². The highest BCUT2D eigenvalue weighted by atomic mass is 16.8. The second kappa shape index (κ2) is 17.9. The van der Waals surface area contributed by atoms with Gasteiger partial charge in [-0.1, -0.05) is 60.1 Å². The number of carboxylic acid groups (broad SMARTS) is 1. The molecule has 0 aromatic carbocycles. The van der Waals surface area contributed by atoms with E-state index in [0.717, 1.165) is 19.3 Å². The number of rotatable bonds is 9. The van der Waals surface area contributed by atoms with Crippen LogP contribution in [0.15, 0.2) is 11.6 Å². The number of aliphatic hydroxyl groups excluding tert-OH is 11. The first-order valence-electron chi connectivity index (χ1n) is 24.4. The van der Waals surface area contributed by atoms with E-state index >= 15 is 0 Å². The first kappa shape index (κ1) is 51.9. The number of hydrogen-bond donors (Lipinski definition) is 12. The van der Waals surface area contributed by atoms with Crippen molar-refractivity contribution in [2.75, 3.05) is 13.2 Å². The van der Waals surface area contributed by atoms with Gasteiger partial charge in [-0.2, -0.15) is 0 Å². The van der Waals surface area contributed by atoms with Crippen molar-refractivity contribution in [3.8, 4) is 0 Å². The van der Waals surface area contributed by atoms with Gasteiger partial charge < -0.3 is 89.7 Å². The number of allylic oxidation sites excluding steroid dienone is 2. The van der Waals surface area contributed by atoms with Crippen LogP contribution in [0.3, 0.4) is 0 Å². The number of carbonyl (C=O) groups is 1. The SMILES string of the molecule is C[C@@H]1O[C@@H](O[C@H]2[C@H](O[C@H]3[C@H](O[C@H]4CC[C@@]5(C)[C@H](CC[C@]6(C)[C@@H]5CC=C5[C@H]7CC(C)(C)C[C@@H](O)[C@]7(C)[C@@H](O)C[C@]56C)[C@@]4(C)CO)O[C@H](C(=O)O)[C@@H](O)[C@@H]3O)O[C@H](CO)[C@@H](O)[C@@H]2O)[C@H](O)[C@H](O)[C@H]1O. The summed E-state index contributed by atoms with van der Waals surface area (Å²) in [6.07, 6.45) is -21.1. The lowest BCUT2D eigenvalue weighted by atomic mass is 9.33. The molecule has 0 bridgehead atoms. The van der Waals surface area contributed by atoms with E-state index in [-0.39, 0.29) is 46.0 Å². The van der Waals surface area contributed by atoms with Crippen LogP contribution in [0.5, 0.6) is 0 Å². The molecule has 3 saturated heterocycles. The highest BCUT2D eigenvalue weighted by Crippen LogP contribution is 2.76. The molecule has 8 aliphatic rings. The van der Waals surface area contributed by atoms with E-state index < -0.39 is 134 Å². The average molecular weight is 959 g/mol. The number of fused-ring (bicyclic) bond motifs is 7. The van der Waals surface area contributed by atoms with Crippen LogP contribution in [0.2, 0.25) is 0 Å². The lowest BCUT2D eigenvalue weighted by Gasteiger charge is -2.72. The minimum atomic E-state index is -2.09. The van der Waals surface area contributed by atoms with E-state index in [1.54, 1.807) is 0 Å². The monoisotopic (exact) mass is 959 g/mol. The summed E-state index contributed by atoms with van der Waals surface area (Å²) in [4.78, 5) is 12.5. The summed E-state index contributed by atoms with van der Waals surface area (Å²) in [6, 6.07) is 0. The molecule has 5 aliphatic carbocycles. The van der Waals surface area contributed by atoms with Crippen LogP contribution in [0, 0.1) is 50.2 Å². The maximum Gasteiger partial charge on any atom is 0.335 e. The Morgan fingerprint density at radius 3 is 1.91 bits per heavy atom. The Morgan fingerprint density at radius 1 is 0.672 bits per heavy atom. The molecular formula is C48H78O19. The Labute approximate surface area is 392 Å². The van der Waals surface area contributed by atoms with Crippen molar-refractivity contribution in [2.24, 2.45) is 50.2 Å². The van der Waals surface area contributed by atoms with Crippen molar-refractivity contribution in [1.29, 1.82) is 0 Å². The van der Waals surface area contributed by atoms with Crippen LogP contribution in [0.1, 0.15) is 107 Å². The second-order valence-electron chi connectivity index (χ2n) is 23.7. The third kappa shape index (κ3) is 7.92. The molecule has 4 saturated carbocycles. The molecule has 8 rings (SSSR count). The van der Waals surface area contributed by atoms with Crippen LogP contribution in [0.25, 0.3) is 0 Å². The van der Waals surface area contributed by atoms with Crippen molar-refractivity contribution in [2.45, 2.75) is 217 Å². The topological polar surface area (TPSA) is 315 Å². The molecule has 0 amide bonds. The van der Waals surface area contributed by atoms with Crippen LogP contribution in [0.4, 0.5) is 0 Å². The summed E-state index contributed by atoms with van der Waals surface area (Å²) in [7, 11) is 0. The lowest BCUT2D eigenvalue weighted by Crippen LogP contribution is -2.69. The van der Waals surface area contributed by atoms with Crippen molar-refractivity contribution < 1.29 is 94.5 Å². The predicted octanol–water partition coefficient (Wildman–Crippen LogP) is -0.325. The van der Waals surface area contributed by atoms with Gasteiger partial charge in [0.25, 0.3) is 0 Å². The molecule has 3 aliphatic heterocycles. The molecule has 19 heteroatoms. The van der Waals surface area contributed by atoms with Gasteiger partial charge in [-0.25, -0.2) is 4.79 Å². The Kier molecular flexibility index (Phi) is 13.9. The molecule has 7 fully saturated rings. The maximum atomic E-state index is 12.5. The van der Waals surface area contributed by atoms with E-state index in [9.17, 15) is 66.1 Å². The summed E-state index contributed by atoms with van der Waals surface area (Å²) < 4.78 is 36.1. The normalized spacial score (nSPS) is 56.4. The summed E-state index contributed by atoms with van der Waals surface area (Å²) >= 11 is 0. The molecule has 3 heterocycles. The number of ether oxygens (including phenoxy) is 6. The van der Waals surface area contributed by atoms with Gasteiger partial charge in [0.1, 0.15) is 61.0 Å². The zero-order valence-corrected chi connectivity index (χ0v) is 40.0. The minimum Gasteiger partial charge on any atom is -0.479 e. The molecule has 12 N–H and O–H groups in total. The van der Waals surface area contributed by atoms with Gasteiger partial charge in [-0.3, -0.25) is 0 Å². The van der Waals surface area contributed by atoms with E-state index in [1.165, 1.54) is 12.5 Å². The molecular weight excluding hydrogens is 881 g/mol. The number of aliphatic carboxylic acids is 1. The molecule has 0 unspecified atom stereocenters. The highest BCUT2D eigenvalue weighted by Gasteiger charge is 2.71. The zero-order valence-electron chi connectivity index (χ0n) is 40.0. The van der Waals surface area contributed by atoms with Crippen molar-refractivity contribution in [1.82, 2.24) is 0 Å². The van der Waals surface area contributed by atoms with Crippen LogP contribution in [-0.4, -0.2) is 191 Å².